The molecule has 1 rings (SSSR count). The van der Waals surface area contributed by atoms with Crippen LogP contribution in [0.4, 0.5) is 0 Å². The lowest BCUT2D eigenvalue weighted by atomic mass is 10.2. The average Bonchev–Trinajstić information content (AvgIpc) is 2.24. The summed E-state index contributed by atoms with van der Waals surface area (Å²) < 4.78 is 27.3. The van der Waals surface area contributed by atoms with Gasteiger partial charge in [0, 0.05) is 6.21 Å². The van der Waals surface area contributed by atoms with E-state index in [1.54, 1.807) is 30.3 Å². The van der Waals surface area contributed by atoms with E-state index in [0.717, 1.165) is 5.56 Å². The summed E-state index contributed by atoms with van der Waals surface area (Å²) in [7, 11) is -4.87. The molecule has 1 aromatic rings. The van der Waals surface area contributed by atoms with Gasteiger partial charge in [0.05, 0.1) is 13.0 Å². The van der Waals surface area contributed by atoms with Crippen LogP contribution >= 0.6 is 0 Å². The van der Waals surface area contributed by atoms with E-state index >= 15 is 0 Å². The third-order valence-electron chi connectivity index (χ3n) is 2.20. The maximum absolute atomic E-state index is 11.8. The van der Waals surface area contributed by atoms with Crippen LogP contribution in [0.1, 0.15) is 5.56 Å². The Balaban J connectivity index is 2.86. The third kappa shape index (κ3) is 4.97. The van der Waals surface area contributed by atoms with Crippen molar-refractivity contribution in [1.29, 1.82) is 0 Å². The van der Waals surface area contributed by atoms with Crippen molar-refractivity contribution in [2.75, 3.05) is 0 Å². The summed E-state index contributed by atoms with van der Waals surface area (Å²) in [6.07, 6.45) is 3.07. The van der Waals surface area contributed by atoms with Gasteiger partial charge in [0.15, 0.2) is 0 Å². The van der Waals surface area contributed by atoms with Crippen molar-refractivity contribution in [3.05, 3.63) is 41.6 Å². The van der Waals surface area contributed by atoms with Gasteiger partial charge in [0.25, 0.3) is 10.0 Å². The van der Waals surface area contributed by atoms with Crippen LogP contribution in [-0.2, 0) is 10.0 Å². The second-order valence-electron chi connectivity index (χ2n) is 5.27. The number of hydrogen-bond donors (Lipinski definition) is 0. The Hall–Kier alpha value is -1.20. The molecule has 0 N–H and O–H groups in total. The summed E-state index contributed by atoms with van der Waals surface area (Å²) in [5, 5.41) is 0. The molecule has 0 radical (unpaired) electrons. The Morgan fingerprint density at radius 3 is 2.17 bits per heavy atom. The van der Waals surface area contributed by atoms with E-state index in [1.165, 1.54) is 6.21 Å². The Bertz CT molecular complexity index is 552. The zero-order valence-corrected chi connectivity index (χ0v) is 13.0. The fraction of sp³-hybridized carbons (Fsp3) is 0.308. The Morgan fingerprint density at radius 1 is 1.11 bits per heavy atom. The standard InChI is InChI=1S/C13H19NO2SSi/c1-12-6-8-13(9-7-12)17(15,16)14-10-5-11-18(2,3)4/h5-11H,1-4H3/b11-5+,14-10-. The molecule has 0 amide bonds. The molecule has 0 aliphatic rings. The van der Waals surface area contributed by atoms with Crippen molar-refractivity contribution in [3.8, 4) is 0 Å². The average molecular weight is 281 g/mol. The summed E-state index contributed by atoms with van der Waals surface area (Å²) in [4.78, 5) is 0.228. The minimum atomic E-state index is -3.56. The lowest BCUT2D eigenvalue weighted by Gasteiger charge is -2.06. The molecule has 0 bridgehead atoms. The molecule has 0 aliphatic carbocycles. The maximum atomic E-state index is 11.8. The Morgan fingerprint density at radius 2 is 1.67 bits per heavy atom. The van der Waals surface area contributed by atoms with Crippen LogP contribution in [0.3, 0.4) is 0 Å². The highest BCUT2D eigenvalue weighted by atomic mass is 32.2. The quantitative estimate of drug-likeness (QED) is 0.628. The van der Waals surface area contributed by atoms with Crippen LogP contribution in [0.15, 0.2) is 45.3 Å². The summed E-state index contributed by atoms with van der Waals surface area (Å²) in [5.41, 5.74) is 3.07. The number of allylic oxidation sites excluding steroid dienone is 1. The summed E-state index contributed by atoms with van der Waals surface area (Å²) >= 11 is 0. The van der Waals surface area contributed by atoms with Gasteiger partial charge in [-0.15, -0.1) is 0 Å². The van der Waals surface area contributed by atoms with Gasteiger partial charge >= 0.3 is 0 Å². The molecule has 0 saturated heterocycles. The van der Waals surface area contributed by atoms with Crippen LogP contribution in [0.2, 0.25) is 19.6 Å². The molecule has 18 heavy (non-hydrogen) atoms. The van der Waals surface area contributed by atoms with Gasteiger partial charge in [0.2, 0.25) is 0 Å². The number of benzene rings is 1. The highest BCUT2D eigenvalue weighted by molar-refractivity contribution is 7.90. The van der Waals surface area contributed by atoms with E-state index in [1.807, 2.05) is 12.6 Å². The van der Waals surface area contributed by atoms with Gasteiger partial charge in [-0.1, -0.05) is 49.1 Å². The monoisotopic (exact) mass is 281 g/mol. The van der Waals surface area contributed by atoms with E-state index < -0.39 is 18.1 Å². The van der Waals surface area contributed by atoms with Crippen LogP contribution in [-0.4, -0.2) is 22.7 Å². The predicted octanol–water partition coefficient (Wildman–Crippen LogP) is 3.19. The lowest BCUT2D eigenvalue weighted by molar-refractivity contribution is 0.598. The van der Waals surface area contributed by atoms with E-state index in [0.29, 0.717) is 0 Å². The van der Waals surface area contributed by atoms with Crippen molar-refractivity contribution >= 4 is 24.3 Å². The Kier molecular flexibility index (Phi) is 4.64. The molecule has 0 spiro atoms. The summed E-state index contributed by atoms with van der Waals surface area (Å²) in [5.74, 6) is 0. The minimum absolute atomic E-state index is 0.228. The van der Waals surface area contributed by atoms with Gasteiger partial charge in [-0.3, -0.25) is 0 Å². The van der Waals surface area contributed by atoms with Gasteiger partial charge in [-0.2, -0.15) is 12.8 Å². The molecule has 0 atom stereocenters. The van der Waals surface area contributed by atoms with Gasteiger partial charge in [-0.05, 0) is 19.1 Å². The van der Waals surface area contributed by atoms with Crippen LogP contribution in [0.25, 0.3) is 0 Å². The predicted molar refractivity (Wildman–Crippen MR) is 79.3 cm³/mol. The van der Waals surface area contributed by atoms with Crippen molar-refractivity contribution in [3.63, 3.8) is 0 Å². The van der Waals surface area contributed by atoms with Crippen molar-refractivity contribution in [1.82, 2.24) is 0 Å². The van der Waals surface area contributed by atoms with Crippen LogP contribution < -0.4 is 0 Å². The first-order valence-corrected chi connectivity index (χ1v) is 10.8. The molecular weight excluding hydrogens is 262 g/mol. The number of sulfonamides is 1. The van der Waals surface area contributed by atoms with E-state index in [9.17, 15) is 8.42 Å². The number of hydrogen-bond acceptors (Lipinski definition) is 2. The van der Waals surface area contributed by atoms with Crippen LogP contribution in [0.5, 0.6) is 0 Å². The van der Waals surface area contributed by atoms with Crippen molar-refractivity contribution in [2.24, 2.45) is 4.40 Å². The van der Waals surface area contributed by atoms with Gasteiger partial charge < -0.3 is 0 Å². The molecule has 0 aromatic heterocycles. The summed E-state index contributed by atoms with van der Waals surface area (Å²) in [6.45, 7) is 8.43. The second kappa shape index (κ2) is 5.62. The topological polar surface area (TPSA) is 46.5 Å². The second-order valence-corrected chi connectivity index (χ2v) is 12.0. The van der Waals surface area contributed by atoms with Crippen LogP contribution in [0, 0.1) is 6.92 Å². The molecule has 0 heterocycles. The normalized spacial score (nSPS) is 13.6. The first-order valence-electron chi connectivity index (χ1n) is 5.75. The zero-order chi connectivity index (χ0) is 13.8. The van der Waals surface area contributed by atoms with E-state index in [2.05, 4.69) is 24.0 Å². The fourth-order valence-corrected chi connectivity index (χ4v) is 2.71. The molecule has 1 aromatic carbocycles. The number of nitrogens with zero attached hydrogens (tertiary/aromatic N) is 1. The van der Waals surface area contributed by atoms with Crippen molar-refractivity contribution in [2.45, 2.75) is 31.5 Å². The van der Waals surface area contributed by atoms with Gasteiger partial charge in [0.1, 0.15) is 0 Å². The molecule has 0 saturated carbocycles. The molecule has 0 fully saturated rings. The third-order valence-corrected chi connectivity index (χ3v) is 4.66. The summed E-state index contributed by atoms with van der Waals surface area (Å²) in [6, 6.07) is 6.68. The maximum Gasteiger partial charge on any atom is 0.282 e. The van der Waals surface area contributed by atoms with E-state index in [4.69, 9.17) is 0 Å². The first kappa shape index (κ1) is 14.9. The molecule has 5 heteroatoms. The number of aryl methyl sites for hydroxylation is 1. The largest absolute Gasteiger partial charge is 0.282 e. The highest BCUT2D eigenvalue weighted by Crippen LogP contribution is 2.12. The lowest BCUT2D eigenvalue weighted by Crippen LogP contribution is -2.15. The molecule has 0 unspecified atom stereocenters. The number of rotatable bonds is 4. The molecule has 98 valence electrons. The van der Waals surface area contributed by atoms with Crippen molar-refractivity contribution < 1.29 is 8.42 Å². The highest BCUT2D eigenvalue weighted by Gasteiger charge is 2.10. The first-order chi connectivity index (χ1) is 8.21. The Labute approximate surface area is 110 Å². The zero-order valence-electron chi connectivity index (χ0n) is 11.2. The minimum Gasteiger partial charge on any atom is -0.199 e. The fourth-order valence-electron chi connectivity index (χ4n) is 1.22. The van der Waals surface area contributed by atoms with E-state index in [-0.39, 0.29) is 4.90 Å². The SMILES string of the molecule is Cc1ccc(S(=O)(=O)/N=C\C=C\[Si](C)(C)C)cc1. The smallest absolute Gasteiger partial charge is 0.199 e. The van der Waals surface area contributed by atoms with Gasteiger partial charge in [-0.25, -0.2) is 0 Å². The molecular formula is C13H19NO2SSi. The molecule has 0 aliphatic heterocycles. The molecule has 3 nitrogen and oxygen atoms in total.